The molecule has 7 nitrogen and oxygen atoms in total. The summed E-state index contributed by atoms with van der Waals surface area (Å²) >= 11 is 0. The normalized spacial score (nSPS) is 18.9. The molecule has 0 amide bonds. The van der Waals surface area contributed by atoms with Gasteiger partial charge in [0.25, 0.3) is 5.56 Å². The summed E-state index contributed by atoms with van der Waals surface area (Å²) < 4.78 is 65.7. The molecule has 1 fully saturated rings. The van der Waals surface area contributed by atoms with Crippen molar-refractivity contribution < 1.29 is 32.1 Å². The van der Waals surface area contributed by atoms with Crippen molar-refractivity contribution in [2.24, 2.45) is 0 Å². The Morgan fingerprint density at radius 1 is 1.06 bits per heavy atom. The summed E-state index contributed by atoms with van der Waals surface area (Å²) in [5, 5.41) is 0. The van der Waals surface area contributed by atoms with Gasteiger partial charge < -0.3 is 18.9 Å². The van der Waals surface area contributed by atoms with Crippen molar-refractivity contribution in [2.75, 3.05) is 19.8 Å². The molecule has 3 aromatic rings. The molecule has 0 bridgehead atoms. The minimum atomic E-state index is -1.25. The molecule has 35 heavy (non-hydrogen) atoms. The quantitative estimate of drug-likeness (QED) is 0.449. The molecule has 2 aliphatic rings. The number of aromatic nitrogens is 2. The number of fused-ring (bicyclic) bond motifs is 1. The van der Waals surface area contributed by atoms with Gasteiger partial charge in [0.2, 0.25) is 0 Å². The minimum Gasteiger partial charge on any atom is -0.490 e. The first-order valence-corrected chi connectivity index (χ1v) is 11.3. The van der Waals surface area contributed by atoms with Crippen molar-refractivity contribution >= 4 is 0 Å². The summed E-state index contributed by atoms with van der Waals surface area (Å²) in [6, 6.07) is 9.26. The van der Waals surface area contributed by atoms with Crippen LogP contribution in [0.4, 0.5) is 13.2 Å². The van der Waals surface area contributed by atoms with Gasteiger partial charge in [0.1, 0.15) is 18.2 Å². The molecule has 2 aromatic carbocycles. The maximum absolute atomic E-state index is 14.0. The van der Waals surface area contributed by atoms with E-state index in [1.807, 2.05) is 0 Å². The summed E-state index contributed by atoms with van der Waals surface area (Å²) in [6.45, 7) is 2.03. The van der Waals surface area contributed by atoms with E-state index in [9.17, 15) is 18.0 Å². The second-order valence-corrected chi connectivity index (χ2v) is 8.45. The van der Waals surface area contributed by atoms with E-state index >= 15 is 0 Å². The molecule has 1 aromatic heterocycles. The lowest BCUT2D eigenvalue weighted by molar-refractivity contribution is 0.00873. The van der Waals surface area contributed by atoms with Crippen molar-refractivity contribution in [3.63, 3.8) is 0 Å². The standard InChI is InChI=1S/C25H23F3N2O5/c26-16-8-21(24(28)22(27)9-16)15-3-5-18(6-4-15)34-14-20-11-30-17(10-23(31)29-25(30)35-20)12-32-13-19-2-1-7-33-19/h3-6,8-10,19-20H,1-2,7,11-14H2/t19?,20-/m0/s1. The van der Waals surface area contributed by atoms with Crippen LogP contribution in [0.3, 0.4) is 0 Å². The summed E-state index contributed by atoms with van der Waals surface area (Å²) in [6.07, 6.45) is 1.68. The highest BCUT2D eigenvalue weighted by molar-refractivity contribution is 5.65. The Labute approximate surface area is 199 Å². The van der Waals surface area contributed by atoms with Gasteiger partial charge in [-0.1, -0.05) is 12.1 Å². The number of benzene rings is 2. The van der Waals surface area contributed by atoms with Crippen LogP contribution < -0.4 is 15.0 Å². The smallest absolute Gasteiger partial charge is 0.300 e. The lowest BCUT2D eigenvalue weighted by Crippen LogP contribution is -2.23. The molecule has 3 heterocycles. The highest BCUT2D eigenvalue weighted by Gasteiger charge is 2.27. The monoisotopic (exact) mass is 488 g/mol. The average molecular weight is 488 g/mol. The predicted octanol–water partition coefficient (Wildman–Crippen LogP) is 3.86. The van der Waals surface area contributed by atoms with Crippen LogP contribution >= 0.6 is 0 Å². The predicted molar refractivity (Wildman–Crippen MR) is 119 cm³/mol. The third kappa shape index (κ3) is 5.33. The molecule has 5 rings (SSSR count). The van der Waals surface area contributed by atoms with Gasteiger partial charge >= 0.3 is 6.01 Å². The average Bonchev–Trinajstić information content (AvgIpc) is 3.50. The Bertz CT molecular complexity index is 1260. The zero-order valence-electron chi connectivity index (χ0n) is 18.7. The Kier molecular flexibility index (Phi) is 6.74. The zero-order chi connectivity index (χ0) is 24.4. The van der Waals surface area contributed by atoms with E-state index in [-0.39, 0.29) is 30.9 Å². The first-order chi connectivity index (χ1) is 17.0. The minimum absolute atomic E-state index is 0.0850. The molecule has 1 unspecified atom stereocenters. The molecule has 0 spiro atoms. The summed E-state index contributed by atoms with van der Waals surface area (Å²) in [7, 11) is 0. The van der Waals surface area contributed by atoms with Crippen molar-refractivity contribution in [2.45, 2.75) is 38.2 Å². The summed E-state index contributed by atoms with van der Waals surface area (Å²) in [5.41, 5.74) is 0.390. The molecule has 0 N–H and O–H groups in total. The van der Waals surface area contributed by atoms with E-state index in [0.717, 1.165) is 25.5 Å². The van der Waals surface area contributed by atoms with Crippen LogP contribution in [0.1, 0.15) is 18.5 Å². The SMILES string of the molecule is O=c1cc(COCC2CCCO2)n2c(n1)O[C@H](COc1ccc(-c3cc(F)cc(F)c3F)cc1)C2. The fourth-order valence-electron chi connectivity index (χ4n) is 4.17. The largest absolute Gasteiger partial charge is 0.490 e. The van der Waals surface area contributed by atoms with E-state index in [0.29, 0.717) is 36.2 Å². The van der Waals surface area contributed by atoms with E-state index in [4.69, 9.17) is 18.9 Å². The van der Waals surface area contributed by atoms with E-state index in [1.165, 1.54) is 18.2 Å². The molecule has 2 atom stereocenters. The van der Waals surface area contributed by atoms with Crippen LogP contribution in [0, 0.1) is 17.5 Å². The second kappa shape index (κ2) is 10.1. The highest BCUT2D eigenvalue weighted by atomic mass is 19.2. The van der Waals surface area contributed by atoms with Crippen LogP contribution in [0.5, 0.6) is 11.8 Å². The Morgan fingerprint density at radius 3 is 2.66 bits per heavy atom. The molecule has 0 aliphatic carbocycles. The number of hydrogen-bond acceptors (Lipinski definition) is 6. The summed E-state index contributed by atoms with van der Waals surface area (Å²) in [4.78, 5) is 15.9. The molecular formula is C25H23F3N2O5. The lowest BCUT2D eigenvalue weighted by atomic mass is 10.0. The fraction of sp³-hybridized carbons (Fsp3) is 0.360. The van der Waals surface area contributed by atoms with Gasteiger partial charge in [-0.2, -0.15) is 4.98 Å². The first-order valence-electron chi connectivity index (χ1n) is 11.3. The molecule has 0 radical (unpaired) electrons. The third-order valence-corrected chi connectivity index (χ3v) is 5.90. The first kappa shape index (κ1) is 23.4. The maximum Gasteiger partial charge on any atom is 0.300 e. The van der Waals surface area contributed by atoms with Gasteiger partial charge in [-0.15, -0.1) is 0 Å². The zero-order valence-corrected chi connectivity index (χ0v) is 18.7. The second-order valence-electron chi connectivity index (χ2n) is 8.45. The van der Waals surface area contributed by atoms with E-state index in [2.05, 4.69) is 4.98 Å². The molecule has 1 saturated heterocycles. The van der Waals surface area contributed by atoms with Crippen molar-refractivity contribution in [1.82, 2.24) is 9.55 Å². The van der Waals surface area contributed by atoms with Crippen LogP contribution in [0.2, 0.25) is 0 Å². The number of rotatable bonds is 8. The fourth-order valence-corrected chi connectivity index (χ4v) is 4.17. The lowest BCUT2D eigenvalue weighted by Gasteiger charge is -2.13. The molecule has 10 heteroatoms. The Morgan fingerprint density at radius 2 is 1.89 bits per heavy atom. The van der Waals surface area contributed by atoms with Gasteiger partial charge in [0.15, 0.2) is 17.7 Å². The van der Waals surface area contributed by atoms with Gasteiger partial charge in [0, 0.05) is 24.3 Å². The van der Waals surface area contributed by atoms with Crippen LogP contribution in [-0.4, -0.2) is 41.6 Å². The number of halogens is 3. The summed E-state index contributed by atoms with van der Waals surface area (Å²) in [5.74, 6) is -2.76. The van der Waals surface area contributed by atoms with Gasteiger partial charge in [-0.05, 0) is 36.6 Å². The maximum atomic E-state index is 14.0. The van der Waals surface area contributed by atoms with Crippen molar-refractivity contribution in [1.29, 1.82) is 0 Å². The van der Waals surface area contributed by atoms with Crippen LogP contribution in [0.25, 0.3) is 11.1 Å². The van der Waals surface area contributed by atoms with E-state index in [1.54, 1.807) is 16.7 Å². The van der Waals surface area contributed by atoms with Gasteiger partial charge in [-0.3, -0.25) is 9.36 Å². The molecular weight excluding hydrogens is 465 g/mol. The number of hydrogen-bond donors (Lipinski definition) is 0. The third-order valence-electron chi connectivity index (χ3n) is 5.90. The van der Waals surface area contributed by atoms with Crippen LogP contribution in [-0.2, 0) is 22.6 Å². The van der Waals surface area contributed by atoms with E-state index < -0.39 is 29.1 Å². The van der Waals surface area contributed by atoms with Gasteiger partial charge in [-0.25, -0.2) is 13.2 Å². The van der Waals surface area contributed by atoms with Gasteiger partial charge in [0.05, 0.1) is 31.6 Å². The number of ether oxygens (including phenoxy) is 4. The number of nitrogens with zero attached hydrogens (tertiary/aromatic N) is 2. The van der Waals surface area contributed by atoms with Crippen molar-refractivity contribution in [3.8, 4) is 22.9 Å². The van der Waals surface area contributed by atoms with Crippen LogP contribution in [0.15, 0.2) is 47.3 Å². The Balaban J connectivity index is 1.19. The molecule has 2 aliphatic heterocycles. The Hall–Kier alpha value is -3.37. The molecule has 184 valence electrons. The highest BCUT2D eigenvalue weighted by Crippen LogP contribution is 2.28. The molecule has 0 saturated carbocycles. The van der Waals surface area contributed by atoms with Crippen molar-refractivity contribution in [3.05, 3.63) is 76.0 Å². The topological polar surface area (TPSA) is 71.8 Å².